The Kier molecular flexibility index (Phi) is 5.17. The second-order valence-corrected chi connectivity index (χ2v) is 7.64. The summed E-state index contributed by atoms with van der Waals surface area (Å²) >= 11 is 0. The van der Waals surface area contributed by atoms with Crippen molar-refractivity contribution in [2.45, 2.75) is 23.2 Å². The van der Waals surface area contributed by atoms with Gasteiger partial charge in [0.15, 0.2) is 0 Å². The van der Waals surface area contributed by atoms with Crippen LogP contribution in [0, 0.1) is 0 Å². The number of carbonyl (C=O) groups is 1. The Morgan fingerprint density at radius 2 is 1.92 bits per heavy atom. The van der Waals surface area contributed by atoms with Crippen LogP contribution in [0.15, 0.2) is 53.6 Å². The molecule has 1 saturated heterocycles. The lowest BCUT2D eigenvalue weighted by molar-refractivity contribution is 0.0767. The number of pyridine rings is 1. The first kappa shape index (κ1) is 18.2. The van der Waals surface area contributed by atoms with E-state index in [0.29, 0.717) is 18.8 Å². The van der Waals surface area contributed by atoms with Crippen LogP contribution in [0.4, 0.5) is 8.78 Å². The number of carbonyl (C=O) groups excluding carboxylic acids is 1. The van der Waals surface area contributed by atoms with Crippen LogP contribution in [0.25, 0.3) is 0 Å². The molecule has 9 heteroatoms. The average Bonchev–Trinajstić information content (AvgIpc) is 3.10. The standard InChI is InChI=1S/C17H16F2N2O4S/c18-17(19)26(23,24)14-6-2-1-5-13(14)16(22)21-10-8-12(11-21)25-15-7-3-4-9-20-15/h1-7,9,12,17H,8,10-11H2. The number of alkyl halides is 2. The van der Waals surface area contributed by atoms with E-state index in [1.807, 2.05) is 0 Å². The number of amides is 1. The van der Waals surface area contributed by atoms with Crippen LogP contribution in [0.5, 0.6) is 5.88 Å². The average molecular weight is 382 g/mol. The van der Waals surface area contributed by atoms with Crippen LogP contribution in [-0.4, -0.2) is 49.2 Å². The predicted octanol–water partition coefficient (Wildman–Crippen LogP) is 2.37. The Morgan fingerprint density at radius 1 is 1.19 bits per heavy atom. The first-order valence-corrected chi connectivity index (χ1v) is 9.42. The predicted molar refractivity (Wildman–Crippen MR) is 88.8 cm³/mol. The van der Waals surface area contributed by atoms with E-state index >= 15 is 0 Å². The smallest absolute Gasteiger partial charge is 0.341 e. The molecule has 0 saturated carbocycles. The minimum absolute atomic E-state index is 0.221. The van der Waals surface area contributed by atoms with Crippen LogP contribution < -0.4 is 4.74 Å². The monoisotopic (exact) mass is 382 g/mol. The van der Waals surface area contributed by atoms with Crippen LogP contribution in [0.1, 0.15) is 16.8 Å². The van der Waals surface area contributed by atoms with E-state index in [-0.39, 0.29) is 18.2 Å². The van der Waals surface area contributed by atoms with Crippen molar-refractivity contribution in [3.63, 3.8) is 0 Å². The molecular weight excluding hydrogens is 366 g/mol. The highest BCUT2D eigenvalue weighted by atomic mass is 32.2. The summed E-state index contributed by atoms with van der Waals surface area (Å²) in [5.74, 6) is -3.78. The molecular formula is C17H16F2N2O4S. The van der Waals surface area contributed by atoms with E-state index in [1.165, 1.54) is 23.1 Å². The normalized spacial score (nSPS) is 17.5. The number of rotatable bonds is 5. The maximum atomic E-state index is 12.9. The molecule has 2 aromatic rings. The van der Waals surface area contributed by atoms with Gasteiger partial charge >= 0.3 is 5.76 Å². The van der Waals surface area contributed by atoms with Gasteiger partial charge < -0.3 is 9.64 Å². The first-order valence-electron chi connectivity index (χ1n) is 7.87. The van der Waals surface area contributed by atoms with E-state index < -0.39 is 26.4 Å². The molecule has 1 fully saturated rings. The third-order valence-electron chi connectivity index (χ3n) is 4.02. The highest BCUT2D eigenvalue weighted by Gasteiger charge is 2.34. The lowest BCUT2D eigenvalue weighted by Gasteiger charge is -2.18. The molecule has 6 nitrogen and oxygen atoms in total. The van der Waals surface area contributed by atoms with Crippen molar-refractivity contribution >= 4 is 15.7 Å². The number of likely N-dealkylation sites (tertiary alicyclic amines) is 1. The molecule has 1 aliphatic rings. The van der Waals surface area contributed by atoms with Crippen molar-refractivity contribution in [1.82, 2.24) is 9.88 Å². The zero-order chi connectivity index (χ0) is 18.7. The van der Waals surface area contributed by atoms with E-state index in [4.69, 9.17) is 4.74 Å². The summed E-state index contributed by atoms with van der Waals surface area (Å²) in [4.78, 5) is 17.5. The van der Waals surface area contributed by atoms with Crippen molar-refractivity contribution in [3.05, 3.63) is 54.2 Å². The van der Waals surface area contributed by atoms with Gasteiger partial charge in [0, 0.05) is 25.2 Å². The third kappa shape index (κ3) is 3.67. The summed E-state index contributed by atoms with van der Waals surface area (Å²) in [7, 11) is -4.87. The van der Waals surface area contributed by atoms with Gasteiger partial charge in [-0.2, -0.15) is 8.78 Å². The largest absolute Gasteiger partial charge is 0.472 e. The van der Waals surface area contributed by atoms with Gasteiger partial charge in [0.25, 0.3) is 5.91 Å². The molecule has 1 unspecified atom stereocenters. The number of sulfone groups is 1. The van der Waals surface area contributed by atoms with Gasteiger partial charge in [-0.15, -0.1) is 0 Å². The SMILES string of the molecule is O=C(c1ccccc1S(=O)(=O)C(F)F)N1CCC(Oc2ccccn2)C1. The summed E-state index contributed by atoms with van der Waals surface area (Å²) in [6, 6.07) is 10.2. The van der Waals surface area contributed by atoms with E-state index in [1.54, 1.807) is 24.4 Å². The Bertz CT molecular complexity index is 891. The van der Waals surface area contributed by atoms with Crippen molar-refractivity contribution in [2.24, 2.45) is 0 Å². The second-order valence-electron chi connectivity index (χ2n) is 5.75. The zero-order valence-corrected chi connectivity index (χ0v) is 14.4. The molecule has 1 amide bonds. The first-order chi connectivity index (χ1) is 12.4. The minimum Gasteiger partial charge on any atom is -0.472 e. The molecule has 0 radical (unpaired) electrons. The lowest BCUT2D eigenvalue weighted by Crippen LogP contribution is -2.32. The van der Waals surface area contributed by atoms with Gasteiger partial charge in [0.1, 0.15) is 6.10 Å². The maximum absolute atomic E-state index is 12.9. The molecule has 138 valence electrons. The molecule has 0 aliphatic carbocycles. The Morgan fingerprint density at radius 3 is 2.62 bits per heavy atom. The Hall–Kier alpha value is -2.55. The summed E-state index contributed by atoms with van der Waals surface area (Å²) in [6.45, 7) is 0.553. The van der Waals surface area contributed by atoms with Crippen molar-refractivity contribution < 1.29 is 26.7 Å². The molecule has 1 aliphatic heterocycles. The lowest BCUT2D eigenvalue weighted by atomic mass is 10.2. The minimum atomic E-state index is -4.87. The van der Waals surface area contributed by atoms with Gasteiger partial charge in [-0.1, -0.05) is 18.2 Å². The van der Waals surface area contributed by atoms with Crippen LogP contribution >= 0.6 is 0 Å². The van der Waals surface area contributed by atoms with Crippen molar-refractivity contribution in [1.29, 1.82) is 0 Å². The highest BCUT2D eigenvalue weighted by Crippen LogP contribution is 2.25. The summed E-state index contributed by atoms with van der Waals surface area (Å²) in [5.41, 5.74) is -0.258. The van der Waals surface area contributed by atoms with Gasteiger partial charge in [-0.3, -0.25) is 4.79 Å². The van der Waals surface area contributed by atoms with E-state index in [9.17, 15) is 22.0 Å². The van der Waals surface area contributed by atoms with Gasteiger partial charge in [0.2, 0.25) is 15.7 Å². The van der Waals surface area contributed by atoms with Gasteiger partial charge in [-0.25, -0.2) is 13.4 Å². The van der Waals surface area contributed by atoms with E-state index in [0.717, 1.165) is 6.07 Å². The fourth-order valence-electron chi connectivity index (χ4n) is 2.75. The zero-order valence-electron chi connectivity index (χ0n) is 13.6. The number of hydrogen-bond donors (Lipinski definition) is 0. The molecule has 2 heterocycles. The Balaban J connectivity index is 1.77. The molecule has 0 N–H and O–H groups in total. The Labute approximate surface area is 149 Å². The van der Waals surface area contributed by atoms with Gasteiger partial charge in [-0.05, 0) is 18.2 Å². The van der Waals surface area contributed by atoms with Crippen LogP contribution in [0.3, 0.4) is 0 Å². The topological polar surface area (TPSA) is 76.6 Å². The molecule has 26 heavy (non-hydrogen) atoms. The number of nitrogens with zero attached hydrogens (tertiary/aromatic N) is 2. The maximum Gasteiger partial charge on any atom is 0.341 e. The second kappa shape index (κ2) is 7.36. The quantitative estimate of drug-likeness (QED) is 0.794. The number of aromatic nitrogens is 1. The molecule has 3 rings (SSSR count). The third-order valence-corrected chi connectivity index (χ3v) is 5.45. The van der Waals surface area contributed by atoms with Crippen molar-refractivity contribution in [3.8, 4) is 5.88 Å². The number of halogens is 2. The summed E-state index contributed by atoms with van der Waals surface area (Å²) < 4.78 is 55.1. The molecule has 0 spiro atoms. The van der Waals surface area contributed by atoms with Crippen molar-refractivity contribution in [2.75, 3.05) is 13.1 Å². The summed E-state index contributed by atoms with van der Waals surface area (Å²) in [5, 5.41) is 0. The molecule has 1 aromatic carbocycles. The van der Waals surface area contributed by atoms with Gasteiger partial charge in [0.05, 0.1) is 17.0 Å². The fourth-order valence-corrected chi connectivity index (χ4v) is 3.68. The van der Waals surface area contributed by atoms with E-state index in [2.05, 4.69) is 4.98 Å². The van der Waals surface area contributed by atoms with Crippen LogP contribution in [-0.2, 0) is 9.84 Å². The molecule has 1 aromatic heterocycles. The fraction of sp³-hybridized carbons (Fsp3) is 0.294. The summed E-state index contributed by atoms with van der Waals surface area (Å²) in [6.07, 6.45) is 1.82. The highest BCUT2D eigenvalue weighted by molar-refractivity contribution is 7.91. The number of benzene rings is 1. The number of hydrogen-bond acceptors (Lipinski definition) is 5. The molecule has 0 bridgehead atoms. The molecule has 1 atom stereocenters. The van der Waals surface area contributed by atoms with Crippen LogP contribution in [0.2, 0.25) is 0 Å². The number of ether oxygens (including phenoxy) is 1.